The van der Waals surface area contributed by atoms with Gasteiger partial charge in [-0.25, -0.2) is 4.79 Å². The standard InChI is InChI=1S/C14H17ClN2O6/c15-3-5-22-14(18)16-10-6-11(17(19)20)8-13(7-10)23-9-12-2-1-4-21-12/h6-8,12H,1-5,9H2,(H,16,18). The molecule has 1 aliphatic rings. The van der Waals surface area contributed by atoms with Gasteiger partial charge in [0.2, 0.25) is 0 Å². The first-order chi connectivity index (χ1) is 11.1. The quantitative estimate of drug-likeness (QED) is 0.463. The predicted molar refractivity (Wildman–Crippen MR) is 83.3 cm³/mol. The van der Waals surface area contributed by atoms with E-state index in [1.54, 1.807) is 0 Å². The van der Waals surface area contributed by atoms with Crippen LogP contribution in [-0.2, 0) is 9.47 Å². The third-order valence-corrected chi connectivity index (χ3v) is 3.27. The van der Waals surface area contributed by atoms with Crippen molar-refractivity contribution >= 4 is 29.1 Å². The van der Waals surface area contributed by atoms with Crippen LogP contribution >= 0.6 is 11.6 Å². The molecule has 1 amide bonds. The third kappa shape index (κ3) is 5.57. The summed E-state index contributed by atoms with van der Waals surface area (Å²) in [6, 6.07) is 4.01. The molecule has 1 N–H and O–H groups in total. The lowest BCUT2D eigenvalue weighted by Gasteiger charge is -2.12. The Balaban J connectivity index is 2.04. The van der Waals surface area contributed by atoms with Gasteiger partial charge >= 0.3 is 6.09 Å². The van der Waals surface area contributed by atoms with Crippen LogP contribution in [0.2, 0.25) is 0 Å². The zero-order valence-electron chi connectivity index (χ0n) is 12.3. The molecule has 2 rings (SSSR count). The van der Waals surface area contributed by atoms with Crippen LogP contribution in [0, 0.1) is 10.1 Å². The van der Waals surface area contributed by atoms with Crippen molar-refractivity contribution in [1.82, 2.24) is 0 Å². The molecule has 23 heavy (non-hydrogen) atoms. The first kappa shape index (κ1) is 17.3. The Morgan fingerprint density at radius 3 is 2.96 bits per heavy atom. The summed E-state index contributed by atoms with van der Waals surface area (Å²) in [5.74, 6) is 0.445. The fourth-order valence-electron chi connectivity index (χ4n) is 2.09. The van der Waals surface area contributed by atoms with Crippen molar-refractivity contribution in [2.75, 3.05) is 31.0 Å². The van der Waals surface area contributed by atoms with Crippen LogP contribution in [0.4, 0.5) is 16.2 Å². The summed E-state index contributed by atoms with van der Waals surface area (Å²) in [6.45, 7) is 1.05. The summed E-state index contributed by atoms with van der Waals surface area (Å²) in [5, 5.41) is 13.4. The third-order valence-electron chi connectivity index (χ3n) is 3.12. The number of carbonyl (C=O) groups excluding carboxylic acids is 1. The summed E-state index contributed by atoms with van der Waals surface area (Å²) in [7, 11) is 0. The van der Waals surface area contributed by atoms with Gasteiger partial charge in [0.05, 0.1) is 28.7 Å². The SMILES string of the molecule is O=C(Nc1cc(OCC2CCCO2)cc([N+](=O)[O-])c1)OCCCl. The van der Waals surface area contributed by atoms with Crippen molar-refractivity contribution in [2.45, 2.75) is 18.9 Å². The van der Waals surface area contributed by atoms with Gasteiger partial charge in [0, 0.05) is 18.7 Å². The molecule has 0 aromatic heterocycles. The highest BCUT2D eigenvalue weighted by Gasteiger charge is 2.18. The number of amides is 1. The summed E-state index contributed by atoms with van der Waals surface area (Å²) in [6.07, 6.45) is 1.11. The average Bonchev–Trinajstić information content (AvgIpc) is 3.04. The van der Waals surface area contributed by atoms with E-state index in [1.165, 1.54) is 18.2 Å². The van der Waals surface area contributed by atoms with Gasteiger partial charge in [0.25, 0.3) is 5.69 Å². The smallest absolute Gasteiger partial charge is 0.411 e. The van der Waals surface area contributed by atoms with E-state index < -0.39 is 11.0 Å². The first-order valence-electron chi connectivity index (χ1n) is 7.12. The Labute approximate surface area is 137 Å². The van der Waals surface area contributed by atoms with E-state index in [0.717, 1.165) is 12.8 Å². The second-order valence-corrected chi connectivity index (χ2v) is 5.25. The maximum atomic E-state index is 11.5. The van der Waals surface area contributed by atoms with Crippen molar-refractivity contribution in [3.8, 4) is 5.75 Å². The number of hydrogen-bond donors (Lipinski definition) is 1. The zero-order chi connectivity index (χ0) is 16.7. The van der Waals surface area contributed by atoms with E-state index >= 15 is 0 Å². The molecule has 1 aromatic rings. The molecule has 1 aromatic carbocycles. The van der Waals surface area contributed by atoms with Crippen LogP contribution in [0.5, 0.6) is 5.75 Å². The molecule has 9 heteroatoms. The number of carbonyl (C=O) groups is 1. The van der Waals surface area contributed by atoms with Gasteiger partial charge in [0.1, 0.15) is 19.0 Å². The molecule has 0 saturated carbocycles. The molecule has 0 aliphatic carbocycles. The Morgan fingerprint density at radius 1 is 1.48 bits per heavy atom. The second kappa shape index (κ2) is 8.54. The predicted octanol–water partition coefficient (Wildman–Crippen LogP) is 2.94. The minimum atomic E-state index is -0.740. The molecule has 1 saturated heterocycles. The number of nitro groups is 1. The number of non-ortho nitro benzene ring substituents is 1. The maximum absolute atomic E-state index is 11.5. The largest absolute Gasteiger partial charge is 0.491 e. The summed E-state index contributed by atoms with van der Waals surface area (Å²) in [4.78, 5) is 21.9. The Kier molecular flexibility index (Phi) is 6.42. The highest BCUT2D eigenvalue weighted by molar-refractivity contribution is 6.18. The molecule has 0 radical (unpaired) electrons. The minimum absolute atomic E-state index is 0.0145. The monoisotopic (exact) mass is 344 g/mol. The average molecular weight is 345 g/mol. The molecule has 0 bridgehead atoms. The molecule has 126 valence electrons. The number of halogens is 1. The molecule has 8 nitrogen and oxygen atoms in total. The number of nitrogens with one attached hydrogen (secondary N) is 1. The Hall–Kier alpha value is -2.06. The fraction of sp³-hybridized carbons (Fsp3) is 0.500. The van der Waals surface area contributed by atoms with Crippen molar-refractivity contribution < 1.29 is 23.9 Å². The fourth-order valence-corrected chi connectivity index (χ4v) is 2.17. The lowest BCUT2D eigenvalue weighted by molar-refractivity contribution is -0.384. The molecule has 1 unspecified atom stereocenters. The maximum Gasteiger partial charge on any atom is 0.411 e. The zero-order valence-corrected chi connectivity index (χ0v) is 13.1. The van der Waals surface area contributed by atoms with Crippen LogP contribution < -0.4 is 10.1 Å². The normalized spacial score (nSPS) is 16.8. The van der Waals surface area contributed by atoms with Gasteiger partial charge in [-0.2, -0.15) is 0 Å². The number of alkyl halides is 1. The van der Waals surface area contributed by atoms with Crippen molar-refractivity contribution in [2.24, 2.45) is 0 Å². The molecular weight excluding hydrogens is 328 g/mol. The van der Waals surface area contributed by atoms with Crippen LogP contribution in [0.3, 0.4) is 0 Å². The van der Waals surface area contributed by atoms with Gasteiger partial charge < -0.3 is 14.2 Å². The van der Waals surface area contributed by atoms with Crippen molar-refractivity contribution in [1.29, 1.82) is 0 Å². The number of benzene rings is 1. The van der Waals surface area contributed by atoms with E-state index in [1.807, 2.05) is 0 Å². The Morgan fingerprint density at radius 2 is 2.30 bits per heavy atom. The molecule has 1 atom stereocenters. The summed E-state index contributed by atoms with van der Waals surface area (Å²) >= 11 is 5.42. The summed E-state index contributed by atoms with van der Waals surface area (Å²) in [5.41, 5.74) is 0.0172. The number of hydrogen-bond acceptors (Lipinski definition) is 6. The van der Waals surface area contributed by atoms with Crippen LogP contribution in [-0.4, -0.2) is 42.8 Å². The highest BCUT2D eigenvalue weighted by Crippen LogP contribution is 2.27. The Bertz CT molecular complexity index is 562. The van der Waals surface area contributed by atoms with Crippen molar-refractivity contribution in [3.63, 3.8) is 0 Å². The molecule has 0 spiro atoms. The lowest BCUT2D eigenvalue weighted by Crippen LogP contribution is -2.17. The number of anilines is 1. The van der Waals surface area contributed by atoms with Gasteiger partial charge in [-0.3, -0.25) is 15.4 Å². The molecular formula is C14H17ClN2O6. The lowest BCUT2D eigenvalue weighted by atomic mass is 10.2. The number of nitro benzene ring substituents is 1. The van der Waals surface area contributed by atoms with E-state index in [0.29, 0.717) is 13.2 Å². The molecule has 1 fully saturated rings. The first-order valence-corrected chi connectivity index (χ1v) is 7.65. The van der Waals surface area contributed by atoms with Crippen LogP contribution in [0.15, 0.2) is 18.2 Å². The van der Waals surface area contributed by atoms with Gasteiger partial charge in [-0.15, -0.1) is 11.6 Å². The summed E-state index contributed by atoms with van der Waals surface area (Å²) < 4.78 is 15.7. The molecule has 1 aliphatic heterocycles. The number of ether oxygens (including phenoxy) is 3. The van der Waals surface area contributed by atoms with Crippen molar-refractivity contribution in [3.05, 3.63) is 28.3 Å². The van der Waals surface area contributed by atoms with Crippen LogP contribution in [0.1, 0.15) is 12.8 Å². The van der Waals surface area contributed by atoms with E-state index in [4.69, 9.17) is 25.8 Å². The molecule has 1 heterocycles. The van der Waals surface area contributed by atoms with Gasteiger partial charge in [-0.1, -0.05) is 0 Å². The van der Waals surface area contributed by atoms with E-state index in [-0.39, 0.29) is 35.7 Å². The number of rotatable bonds is 7. The van der Waals surface area contributed by atoms with Gasteiger partial charge in [-0.05, 0) is 12.8 Å². The minimum Gasteiger partial charge on any atom is -0.491 e. The van der Waals surface area contributed by atoms with Gasteiger partial charge in [0.15, 0.2) is 0 Å². The highest BCUT2D eigenvalue weighted by atomic mass is 35.5. The van der Waals surface area contributed by atoms with Crippen LogP contribution in [0.25, 0.3) is 0 Å². The number of nitrogens with zero attached hydrogens (tertiary/aromatic N) is 1. The van der Waals surface area contributed by atoms with E-state index in [9.17, 15) is 14.9 Å². The van der Waals surface area contributed by atoms with E-state index in [2.05, 4.69) is 5.32 Å². The topological polar surface area (TPSA) is 99.9 Å². The second-order valence-electron chi connectivity index (χ2n) is 4.87.